The lowest BCUT2D eigenvalue weighted by Gasteiger charge is -2.42. The second-order valence-corrected chi connectivity index (χ2v) is 4.05. The molecule has 1 aliphatic heterocycles. The van der Waals surface area contributed by atoms with Crippen LogP contribution in [0, 0.1) is 11.8 Å². The van der Waals surface area contributed by atoms with Crippen LogP contribution in [0.5, 0.6) is 0 Å². The summed E-state index contributed by atoms with van der Waals surface area (Å²) >= 11 is 0. The molecule has 0 bridgehead atoms. The minimum Gasteiger partial charge on any atom is -0.394 e. The molecule has 5 nitrogen and oxygen atoms in total. The van der Waals surface area contributed by atoms with Crippen molar-refractivity contribution < 1.29 is 25.2 Å². The van der Waals surface area contributed by atoms with E-state index in [1.165, 1.54) is 0 Å². The summed E-state index contributed by atoms with van der Waals surface area (Å²) in [4.78, 5) is 0. The number of hydrogen-bond acceptors (Lipinski definition) is 5. The molecular formula is C9H18O5. The summed E-state index contributed by atoms with van der Waals surface area (Å²) in [6.07, 6.45) is -4.40. The summed E-state index contributed by atoms with van der Waals surface area (Å²) in [5.74, 6) is -0.303. The molecule has 5 heteroatoms. The Hall–Kier alpha value is -0.200. The van der Waals surface area contributed by atoms with Crippen molar-refractivity contribution >= 4 is 0 Å². The van der Waals surface area contributed by atoms with Gasteiger partial charge in [0.2, 0.25) is 0 Å². The van der Waals surface area contributed by atoms with Gasteiger partial charge in [-0.05, 0) is 5.92 Å². The van der Waals surface area contributed by atoms with Crippen molar-refractivity contribution in [2.45, 2.75) is 38.4 Å². The summed E-state index contributed by atoms with van der Waals surface area (Å²) < 4.78 is 4.99. The van der Waals surface area contributed by atoms with Gasteiger partial charge in [0.25, 0.3) is 0 Å². The van der Waals surface area contributed by atoms with E-state index in [0.29, 0.717) is 0 Å². The minimum absolute atomic E-state index is 0.0595. The van der Waals surface area contributed by atoms with Crippen molar-refractivity contribution in [1.82, 2.24) is 0 Å². The Morgan fingerprint density at radius 3 is 2.14 bits per heavy atom. The molecule has 0 amide bonds. The fourth-order valence-electron chi connectivity index (χ4n) is 1.95. The molecule has 1 rings (SSSR count). The SMILES string of the molecule is CC(C)C1C(CO)OC(O)C(O)C1O. The first-order valence-electron chi connectivity index (χ1n) is 4.79. The third-order valence-corrected chi connectivity index (χ3v) is 2.73. The quantitative estimate of drug-likeness (QED) is 0.450. The van der Waals surface area contributed by atoms with Crippen molar-refractivity contribution in [3.63, 3.8) is 0 Å². The van der Waals surface area contributed by atoms with Crippen LogP contribution in [0.4, 0.5) is 0 Å². The van der Waals surface area contributed by atoms with Crippen molar-refractivity contribution in [1.29, 1.82) is 0 Å². The number of ether oxygens (including phenoxy) is 1. The van der Waals surface area contributed by atoms with E-state index in [-0.39, 0.29) is 18.4 Å². The number of aliphatic hydroxyl groups excluding tert-OH is 4. The predicted molar refractivity (Wildman–Crippen MR) is 48.3 cm³/mol. The molecule has 0 aromatic carbocycles. The van der Waals surface area contributed by atoms with Crippen LogP contribution in [0.25, 0.3) is 0 Å². The molecule has 0 spiro atoms. The third kappa shape index (κ3) is 2.07. The molecule has 1 heterocycles. The zero-order chi connectivity index (χ0) is 10.9. The molecule has 5 atom stereocenters. The third-order valence-electron chi connectivity index (χ3n) is 2.73. The number of aliphatic hydroxyl groups is 4. The average Bonchev–Trinajstić information content (AvgIpc) is 2.12. The molecule has 5 unspecified atom stereocenters. The van der Waals surface area contributed by atoms with Gasteiger partial charge in [-0.2, -0.15) is 0 Å². The van der Waals surface area contributed by atoms with E-state index < -0.39 is 24.6 Å². The number of rotatable bonds is 2. The Balaban J connectivity index is 2.78. The van der Waals surface area contributed by atoms with E-state index >= 15 is 0 Å². The predicted octanol–water partition coefficient (Wildman–Crippen LogP) is -1.31. The van der Waals surface area contributed by atoms with Gasteiger partial charge in [0, 0.05) is 5.92 Å². The molecule has 1 saturated heterocycles. The molecule has 84 valence electrons. The first-order valence-corrected chi connectivity index (χ1v) is 4.79. The molecule has 0 aliphatic carbocycles. The smallest absolute Gasteiger partial charge is 0.183 e. The van der Waals surface area contributed by atoms with Gasteiger partial charge in [-0.1, -0.05) is 13.8 Å². The van der Waals surface area contributed by atoms with Crippen LogP contribution in [-0.4, -0.2) is 51.6 Å². The molecule has 0 aromatic heterocycles. The van der Waals surface area contributed by atoms with E-state index in [2.05, 4.69) is 0 Å². The van der Waals surface area contributed by atoms with Crippen molar-refractivity contribution in [2.75, 3.05) is 6.61 Å². The van der Waals surface area contributed by atoms with E-state index in [4.69, 9.17) is 9.84 Å². The lowest BCUT2D eigenvalue weighted by atomic mass is 9.81. The van der Waals surface area contributed by atoms with Crippen molar-refractivity contribution in [3.05, 3.63) is 0 Å². The highest BCUT2D eigenvalue weighted by Crippen LogP contribution is 2.30. The Morgan fingerprint density at radius 1 is 1.14 bits per heavy atom. The second-order valence-electron chi connectivity index (χ2n) is 4.05. The average molecular weight is 206 g/mol. The van der Waals surface area contributed by atoms with Gasteiger partial charge in [0.15, 0.2) is 6.29 Å². The maximum atomic E-state index is 9.68. The lowest BCUT2D eigenvalue weighted by molar-refractivity contribution is -0.279. The van der Waals surface area contributed by atoms with Crippen molar-refractivity contribution in [2.24, 2.45) is 11.8 Å². The highest BCUT2D eigenvalue weighted by Gasteiger charge is 2.44. The van der Waals surface area contributed by atoms with Crippen LogP contribution < -0.4 is 0 Å². The highest BCUT2D eigenvalue weighted by molar-refractivity contribution is 4.89. The van der Waals surface area contributed by atoms with Gasteiger partial charge in [0.05, 0.1) is 18.8 Å². The van der Waals surface area contributed by atoms with E-state index in [1.54, 1.807) is 0 Å². The molecule has 4 N–H and O–H groups in total. The van der Waals surface area contributed by atoms with Crippen LogP contribution in [-0.2, 0) is 4.74 Å². The topological polar surface area (TPSA) is 90.2 Å². The van der Waals surface area contributed by atoms with Gasteiger partial charge >= 0.3 is 0 Å². The molecule has 14 heavy (non-hydrogen) atoms. The van der Waals surface area contributed by atoms with E-state index in [9.17, 15) is 15.3 Å². The minimum atomic E-state index is -1.42. The van der Waals surface area contributed by atoms with Crippen molar-refractivity contribution in [3.8, 4) is 0 Å². The molecule has 0 saturated carbocycles. The molecular weight excluding hydrogens is 188 g/mol. The molecule has 1 fully saturated rings. The van der Waals surface area contributed by atoms with Gasteiger partial charge in [-0.3, -0.25) is 0 Å². The zero-order valence-corrected chi connectivity index (χ0v) is 8.37. The summed E-state index contributed by atoms with van der Waals surface area (Å²) in [7, 11) is 0. The van der Waals surface area contributed by atoms with Gasteiger partial charge in [-0.25, -0.2) is 0 Å². The van der Waals surface area contributed by atoms with Crippen LogP contribution in [0.3, 0.4) is 0 Å². The largest absolute Gasteiger partial charge is 0.394 e. The van der Waals surface area contributed by atoms with E-state index in [0.717, 1.165) is 0 Å². The first kappa shape index (κ1) is 11.9. The van der Waals surface area contributed by atoms with Crippen LogP contribution >= 0.6 is 0 Å². The Labute approximate surface area is 82.9 Å². The normalized spacial score (nSPS) is 44.4. The maximum Gasteiger partial charge on any atom is 0.183 e. The van der Waals surface area contributed by atoms with E-state index in [1.807, 2.05) is 13.8 Å². The lowest BCUT2D eigenvalue weighted by Crippen LogP contribution is -2.56. The molecule has 0 aromatic rings. The summed E-state index contributed by atoms with van der Waals surface area (Å²) in [6, 6.07) is 0. The highest BCUT2D eigenvalue weighted by atomic mass is 16.6. The summed E-state index contributed by atoms with van der Waals surface area (Å²) in [5.41, 5.74) is 0. The Bertz CT molecular complexity index is 182. The fourth-order valence-corrected chi connectivity index (χ4v) is 1.95. The van der Waals surface area contributed by atoms with Gasteiger partial charge in [-0.15, -0.1) is 0 Å². The van der Waals surface area contributed by atoms with Crippen LogP contribution in [0.15, 0.2) is 0 Å². The van der Waals surface area contributed by atoms with Crippen LogP contribution in [0.2, 0.25) is 0 Å². The fraction of sp³-hybridized carbons (Fsp3) is 1.00. The Kier molecular flexibility index (Phi) is 3.86. The van der Waals surface area contributed by atoms with Gasteiger partial charge < -0.3 is 25.2 Å². The maximum absolute atomic E-state index is 9.68. The van der Waals surface area contributed by atoms with Gasteiger partial charge in [0.1, 0.15) is 6.10 Å². The summed E-state index contributed by atoms with van der Waals surface area (Å²) in [5, 5.41) is 37.3. The zero-order valence-electron chi connectivity index (χ0n) is 8.37. The number of hydrogen-bond donors (Lipinski definition) is 4. The Morgan fingerprint density at radius 2 is 1.71 bits per heavy atom. The second kappa shape index (κ2) is 4.55. The first-order chi connectivity index (χ1) is 6.49. The monoisotopic (exact) mass is 206 g/mol. The molecule has 0 radical (unpaired) electrons. The molecule has 1 aliphatic rings. The van der Waals surface area contributed by atoms with Crippen LogP contribution in [0.1, 0.15) is 13.8 Å². The summed E-state index contributed by atoms with van der Waals surface area (Å²) in [6.45, 7) is 3.46. The standard InChI is InChI=1S/C9H18O5/c1-4(2)6-5(3-10)14-9(13)8(12)7(6)11/h4-13H,3H2,1-2H3.